The molecule has 3 nitrogen and oxygen atoms in total. The molecule has 2 N–H and O–H groups in total. The number of hydrogen-bond acceptors (Lipinski definition) is 2. The van der Waals surface area contributed by atoms with E-state index < -0.39 is 0 Å². The van der Waals surface area contributed by atoms with E-state index in [1.54, 1.807) is 6.07 Å². The standard InChI is InChI=1S/C17H18ClN3/c1-17(2,3)12-6-4-11(5-7-12)15-10-21-9-13(18)8-14(19)16(21)20-15/h4-10H,19H2,1-3H3. The first-order valence-corrected chi connectivity index (χ1v) is 7.27. The molecule has 0 saturated carbocycles. The third kappa shape index (κ3) is 2.61. The molecular formula is C17H18ClN3. The molecule has 0 aliphatic carbocycles. The predicted molar refractivity (Wildman–Crippen MR) is 88.8 cm³/mol. The Hall–Kier alpha value is -2.00. The van der Waals surface area contributed by atoms with Crippen LogP contribution in [0.15, 0.2) is 42.7 Å². The van der Waals surface area contributed by atoms with E-state index in [2.05, 4.69) is 50.0 Å². The highest BCUT2D eigenvalue weighted by atomic mass is 35.5. The fraction of sp³-hybridized carbons (Fsp3) is 0.235. The van der Waals surface area contributed by atoms with Gasteiger partial charge in [-0.1, -0.05) is 56.6 Å². The summed E-state index contributed by atoms with van der Waals surface area (Å²) in [5.74, 6) is 0. The lowest BCUT2D eigenvalue weighted by molar-refractivity contribution is 0.590. The third-order valence-corrected chi connectivity index (χ3v) is 3.80. The molecule has 0 atom stereocenters. The maximum atomic E-state index is 6.02. The Labute approximate surface area is 129 Å². The van der Waals surface area contributed by atoms with Gasteiger partial charge in [0.05, 0.1) is 16.4 Å². The summed E-state index contributed by atoms with van der Waals surface area (Å²) in [5, 5.41) is 0.604. The maximum Gasteiger partial charge on any atom is 0.160 e. The van der Waals surface area contributed by atoms with E-state index in [9.17, 15) is 0 Å². The van der Waals surface area contributed by atoms with Crippen molar-refractivity contribution in [1.29, 1.82) is 0 Å². The normalized spacial score (nSPS) is 12.0. The number of nitrogens with zero attached hydrogens (tertiary/aromatic N) is 2. The minimum absolute atomic E-state index is 0.148. The van der Waals surface area contributed by atoms with Crippen molar-refractivity contribution in [3.8, 4) is 11.3 Å². The predicted octanol–water partition coefficient (Wildman–Crippen LogP) is 4.53. The van der Waals surface area contributed by atoms with E-state index in [1.165, 1.54) is 5.56 Å². The van der Waals surface area contributed by atoms with Crippen molar-refractivity contribution in [1.82, 2.24) is 9.38 Å². The fourth-order valence-electron chi connectivity index (χ4n) is 2.37. The number of pyridine rings is 1. The lowest BCUT2D eigenvalue weighted by Gasteiger charge is -2.18. The molecule has 0 aliphatic heterocycles. The zero-order chi connectivity index (χ0) is 15.2. The Morgan fingerprint density at radius 2 is 1.76 bits per heavy atom. The van der Waals surface area contributed by atoms with Crippen LogP contribution in [0.25, 0.3) is 16.9 Å². The van der Waals surface area contributed by atoms with Crippen molar-refractivity contribution in [2.24, 2.45) is 0 Å². The number of benzene rings is 1. The van der Waals surface area contributed by atoms with E-state index in [-0.39, 0.29) is 5.41 Å². The van der Waals surface area contributed by atoms with Crippen LogP contribution in [0.2, 0.25) is 5.02 Å². The zero-order valence-electron chi connectivity index (χ0n) is 12.4. The molecule has 0 bridgehead atoms. The summed E-state index contributed by atoms with van der Waals surface area (Å²) in [7, 11) is 0. The van der Waals surface area contributed by atoms with Gasteiger partial charge in [-0.05, 0) is 17.0 Å². The van der Waals surface area contributed by atoms with Crippen molar-refractivity contribution >= 4 is 22.9 Å². The fourth-order valence-corrected chi connectivity index (χ4v) is 2.59. The first kappa shape index (κ1) is 14.0. The van der Waals surface area contributed by atoms with Gasteiger partial charge in [0.2, 0.25) is 0 Å². The third-order valence-electron chi connectivity index (χ3n) is 3.59. The molecular weight excluding hydrogens is 282 g/mol. The number of hydrogen-bond donors (Lipinski definition) is 1. The molecule has 0 spiro atoms. The number of halogens is 1. The van der Waals surface area contributed by atoms with Gasteiger partial charge in [0.15, 0.2) is 5.65 Å². The van der Waals surface area contributed by atoms with Gasteiger partial charge in [0.1, 0.15) is 0 Å². The molecule has 3 aromatic rings. The average Bonchev–Trinajstić information content (AvgIpc) is 2.82. The lowest BCUT2D eigenvalue weighted by Crippen LogP contribution is -2.10. The van der Waals surface area contributed by atoms with Crippen LogP contribution in [0.4, 0.5) is 5.69 Å². The molecule has 0 aliphatic rings. The molecule has 21 heavy (non-hydrogen) atoms. The number of rotatable bonds is 1. The van der Waals surface area contributed by atoms with E-state index >= 15 is 0 Å². The van der Waals surface area contributed by atoms with Crippen LogP contribution in [0.5, 0.6) is 0 Å². The van der Waals surface area contributed by atoms with E-state index in [4.69, 9.17) is 17.3 Å². The summed E-state index contributed by atoms with van der Waals surface area (Å²) in [6.07, 6.45) is 3.76. The van der Waals surface area contributed by atoms with Crippen LogP contribution < -0.4 is 5.73 Å². The van der Waals surface area contributed by atoms with Crippen molar-refractivity contribution in [2.45, 2.75) is 26.2 Å². The highest BCUT2D eigenvalue weighted by Crippen LogP contribution is 2.27. The van der Waals surface area contributed by atoms with Gasteiger partial charge >= 0.3 is 0 Å². The second-order valence-corrected chi connectivity index (χ2v) is 6.73. The van der Waals surface area contributed by atoms with Crippen molar-refractivity contribution in [3.05, 3.63) is 53.3 Å². The van der Waals surface area contributed by atoms with Gasteiger partial charge in [0, 0.05) is 18.0 Å². The second-order valence-electron chi connectivity index (χ2n) is 6.30. The van der Waals surface area contributed by atoms with Crippen LogP contribution in [0.1, 0.15) is 26.3 Å². The molecule has 4 heteroatoms. The van der Waals surface area contributed by atoms with Crippen LogP contribution in [-0.4, -0.2) is 9.38 Å². The summed E-state index contributed by atoms with van der Waals surface area (Å²) in [6, 6.07) is 10.2. The first-order chi connectivity index (χ1) is 9.84. The molecule has 0 fully saturated rings. The number of aromatic nitrogens is 2. The van der Waals surface area contributed by atoms with E-state index in [1.807, 2.05) is 16.8 Å². The first-order valence-electron chi connectivity index (χ1n) is 6.89. The summed E-state index contributed by atoms with van der Waals surface area (Å²) < 4.78 is 1.87. The van der Waals surface area contributed by atoms with Crippen molar-refractivity contribution < 1.29 is 0 Å². The number of anilines is 1. The van der Waals surface area contributed by atoms with Crippen LogP contribution in [0.3, 0.4) is 0 Å². The summed E-state index contributed by atoms with van der Waals surface area (Å²) >= 11 is 6.02. The smallest absolute Gasteiger partial charge is 0.160 e. The number of nitrogen functional groups attached to an aromatic ring is 1. The van der Waals surface area contributed by atoms with Crippen molar-refractivity contribution in [2.75, 3.05) is 5.73 Å². The molecule has 1 aromatic carbocycles. The largest absolute Gasteiger partial charge is 0.396 e. The average molecular weight is 300 g/mol. The quantitative estimate of drug-likeness (QED) is 0.717. The zero-order valence-corrected chi connectivity index (χ0v) is 13.1. The molecule has 0 amide bonds. The summed E-state index contributed by atoms with van der Waals surface area (Å²) in [6.45, 7) is 6.61. The Morgan fingerprint density at radius 1 is 1.10 bits per heavy atom. The van der Waals surface area contributed by atoms with Crippen LogP contribution in [-0.2, 0) is 5.41 Å². The van der Waals surface area contributed by atoms with E-state index in [0.717, 1.165) is 16.9 Å². The van der Waals surface area contributed by atoms with Gasteiger partial charge in [-0.15, -0.1) is 0 Å². The topological polar surface area (TPSA) is 43.3 Å². The minimum Gasteiger partial charge on any atom is -0.396 e. The Kier molecular flexibility index (Phi) is 3.18. The highest BCUT2D eigenvalue weighted by Gasteiger charge is 2.14. The van der Waals surface area contributed by atoms with Gasteiger partial charge in [-0.3, -0.25) is 0 Å². The Balaban J connectivity index is 2.06. The summed E-state index contributed by atoms with van der Waals surface area (Å²) in [4.78, 5) is 4.59. The highest BCUT2D eigenvalue weighted by molar-refractivity contribution is 6.30. The van der Waals surface area contributed by atoms with Crippen molar-refractivity contribution in [3.63, 3.8) is 0 Å². The number of fused-ring (bicyclic) bond motifs is 1. The number of imidazole rings is 1. The maximum absolute atomic E-state index is 6.02. The second kappa shape index (κ2) is 4.78. The molecule has 2 aromatic heterocycles. The van der Waals surface area contributed by atoms with Gasteiger partial charge in [-0.2, -0.15) is 0 Å². The Bertz CT molecular complexity index is 795. The SMILES string of the molecule is CC(C)(C)c1ccc(-c2cn3cc(Cl)cc(N)c3n2)cc1. The monoisotopic (exact) mass is 299 g/mol. The van der Waals surface area contributed by atoms with Gasteiger partial charge < -0.3 is 10.1 Å². The van der Waals surface area contributed by atoms with Gasteiger partial charge in [-0.25, -0.2) is 4.98 Å². The lowest BCUT2D eigenvalue weighted by atomic mass is 9.86. The van der Waals surface area contributed by atoms with Gasteiger partial charge in [0.25, 0.3) is 0 Å². The summed E-state index contributed by atoms with van der Waals surface area (Å²) in [5.41, 5.74) is 10.7. The molecule has 0 saturated heterocycles. The number of nitrogens with two attached hydrogens (primary N) is 1. The minimum atomic E-state index is 0.148. The molecule has 2 heterocycles. The molecule has 0 radical (unpaired) electrons. The molecule has 3 rings (SSSR count). The molecule has 0 unspecified atom stereocenters. The van der Waals surface area contributed by atoms with Crippen LogP contribution in [0, 0.1) is 0 Å². The molecule has 108 valence electrons. The Morgan fingerprint density at radius 3 is 2.38 bits per heavy atom. The van der Waals surface area contributed by atoms with E-state index in [0.29, 0.717) is 10.7 Å². The van der Waals surface area contributed by atoms with Crippen LogP contribution >= 0.6 is 11.6 Å².